The minimum absolute atomic E-state index is 0. The van der Waals surface area contributed by atoms with Crippen LogP contribution in [0.15, 0.2) is 16.6 Å². The van der Waals surface area contributed by atoms with Crippen molar-refractivity contribution in [1.29, 1.82) is 0 Å². The van der Waals surface area contributed by atoms with Crippen LogP contribution >= 0.6 is 39.9 Å². The fourth-order valence-electron chi connectivity index (χ4n) is 1.90. The topological polar surface area (TPSA) is 0 Å². The van der Waals surface area contributed by atoms with E-state index in [9.17, 15) is 0 Å². The van der Waals surface area contributed by atoms with Crippen molar-refractivity contribution in [3.05, 3.63) is 33.3 Å². The molecular formula is C13H19BrCl2. The van der Waals surface area contributed by atoms with Crippen LogP contribution in [0.5, 0.6) is 0 Å². The Labute approximate surface area is 118 Å². The van der Waals surface area contributed by atoms with Gasteiger partial charge in [-0.25, -0.2) is 0 Å². The van der Waals surface area contributed by atoms with Crippen LogP contribution in [0, 0.1) is 0 Å². The largest absolute Gasteiger partial charge is 0.147 e. The summed E-state index contributed by atoms with van der Waals surface area (Å²) in [6, 6.07) is 4.36. The first-order valence-corrected chi connectivity index (χ1v) is 6.92. The Kier molecular flexibility index (Phi) is 8.53. The molecule has 0 heterocycles. The zero-order valence-corrected chi connectivity index (χ0v) is 13.0. The monoisotopic (exact) mass is 324 g/mol. The molecule has 0 radical (unpaired) electrons. The van der Waals surface area contributed by atoms with Crippen molar-refractivity contribution in [2.75, 3.05) is 0 Å². The van der Waals surface area contributed by atoms with Crippen LogP contribution in [0.1, 0.15) is 43.4 Å². The smallest absolute Gasteiger partial charge is 0.0479 e. The minimum atomic E-state index is 0. The molecule has 0 aliphatic heterocycles. The van der Waals surface area contributed by atoms with Crippen LogP contribution in [-0.4, -0.2) is 0 Å². The van der Waals surface area contributed by atoms with Crippen molar-refractivity contribution in [1.82, 2.24) is 0 Å². The third-order valence-electron chi connectivity index (χ3n) is 2.62. The second-order valence-corrected chi connectivity index (χ2v) is 4.92. The van der Waals surface area contributed by atoms with Gasteiger partial charge in [0.25, 0.3) is 0 Å². The second kappa shape index (κ2) is 8.38. The number of alkyl halides is 1. The number of hydrogen-bond donors (Lipinski definition) is 0. The van der Waals surface area contributed by atoms with Gasteiger partial charge in [0.05, 0.1) is 0 Å². The van der Waals surface area contributed by atoms with Gasteiger partial charge in [0.2, 0.25) is 0 Å². The molecule has 1 rings (SSSR count). The van der Waals surface area contributed by atoms with Crippen molar-refractivity contribution in [3.8, 4) is 0 Å². The first-order valence-electron chi connectivity index (χ1n) is 5.59. The first kappa shape index (κ1) is 16.3. The molecule has 0 nitrogen and oxygen atoms in total. The maximum atomic E-state index is 6.06. The Balaban J connectivity index is 0.00000225. The van der Waals surface area contributed by atoms with E-state index < -0.39 is 0 Å². The lowest BCUT2D eigenvalue weighted by atomic mass is 9.96. The third kappa shape index (κ3) is 3.94. The quantitative estimate of drug-likeness (QED) is 0.626. The molecule has 0 saturated heterocycles. The molecule has 92 valence electrons. The molecule has 0 spiro atoms. The molecule has 0 aromatic heterocycles. The maximum Gasteiger partial charge on any atom is 0.0479 e. The lowest BCUT2D eigenvalue weighted by molar-refractivity contribution is 0.872. The van der Waals surface area contributed by atoms with Crippen molar-refractivity contribution in [3.63, 3.8) is 0 Å². The molecule has 1 aromatic rings. The van der Waals surface area contributed by atoms with Crippen molar-refractivity contribution in [2.24, 2.45) is 0 Å². The Morgan fingerprint density at radius 1 is 1.06 bits per heavy atom. The van der Waals surface area contributed by atoms with Gasteiger partial charge in [-0.3, -0.25) is 0 Å². The van der Waals surface area contributed by atoms with Crippen LogP contribution in [0.25, 0.3) is 0 Å². The molecular weight excluding hydrogens is 307 g/mol. The summed E-state index contributed by atoms with van der Waals surface area (Å²) in [5.41, 5.74) is 4.16. The molecule has 0 fully saturated rings. The molecule has 0 saturated carbocycles. The normalized spacial score (nSPS) is 10.0. The van der Waals surface area contributed by atoms with Crippen LogP contribution in [0.3, 0.4) is 0 Å². The zero-order valence-electron chi connectivity index (χ0n) is 9.85. The van der Waals surface area contributed by atoms with Gasteiger partial charge < -0.3 is 0 Å². The van der Waals surface area contributed by atoms with Crippen LogP contribution in [0.2, 0.25) is 0 Å². The molecule has 0 unspecified atom stereocenters. The Morgan fingerprint density at radius 2 is 1.69 bits per heavy atom. The molecule has 0 aliphatic rings. The Bertz CT molecular complexity index is 324. The third-order valence-corrected chi connectivity index (χ3v) is 3.63. The fourth-order valence-corrected chi connectivity index (χ4v) is 2.81. The summed E-state index contributed by atoms with van der Waals surface area (Å²) in [6.45, 7) is 4.41. The lowest BCUT2D eigenvalue weighted by Crippen LogP contribution is -1.99. The minimum Gasteiger partial charge on any atom is -0.147 e. The Hall–Kier alpha value is 0.280. The highest BCUT2D eigenvalue weighted by atomic mass is 79.9. The molecule has 0 bridgehead atoms. The summed E-state index contributed by atoms with van der Waals surface area (Å²) in [4.78, 5) is 0. The molecule has 16 heavy (non-hydrogen) atoms. The van der Waals surface area contributed by atoms with Gasteiger partial charge in [-0.15, -0.1) is 24.0 Å². The number of aryl methyl sites for hydroxylation is 1. The van der Waals surface area contributed by atoms with E-state index >= 15 is 0 Å². The van der Waals surface area contributed by atoms with Crippen LogP contribution in [-0.2, 0) is 18.7 Å². The summed E-state index contributed by atoms with van der Waals surface area (Å²) < 4.78 is 1.21. The summed E-state index contributed by atoms with van der Waals surface area (Å²) in [5, 5.41) is 0. The van der Waals surface area contributed by atoms with Crippen molar-refractivity contribution < 1.29 is 0 Å². The van der Waals surface area contributed by atoms with E-state index in [1.54, 1.807) is 0 Å². The van der Waals surface area contributed by atoms with E-state index in [2.05, 4.69) is 41.9 Å². The van der Waals surface area contributed by atoms with E-state index in [0.717, 1.165) is 19.3 Å². The van der Waals surface area contributed by atoms with Crippen LogP contribution in [0.4, 0.5) is 0 Å². The summed E-state index contributed by atoms with van der Waals surface area (Å²) >= 11 is 9.68. The Morgan fingerprint density at radius 3 is 2.19 bits per heavy atom. The average Bonchev–Trinajstić information content (AvgIpc) is 2.24. The summed E-state index contributed by atoms with van der Waals surface area (Å²) in [5.74, 6) is 0.629. The first-order chi connectivity index (χ1) is 7.24. The van der Waals surface area contributed by atoms with E-state index in [4.69, 9.17) is 11.6 Å². The van der Waals surface area contributed by atoms with E-state index in [1.807, 2.05) is 0 Å². The average molecular weight is 326 g/mol. The number of halogens is 3. The van der Waals surface area contributed by atoms with E-state index in [0.29, 0.717) is 5.88 Å². The predicted molar refractivity (Wildman–Crippen MR) is 78.9 cm³/mol. The standard InChI is InChI=1S/C13H18BrCl.ClH/c1-3-5-10-7-8-13(14)11(6-4-2)12(10)9-15;/h7-8H,3-6,9H2,1-2H3;1H. The predicted octanol–water partition coefficient (Wildman–Crippen LogP) is 5.51. The van der Waals surface area contributed by atoms with Gasteiger partial charge in [0, 0.05) is 10.4 Å². The van der Waals surface area contributed by atoms with Gasteiger partial charge in [0.15, 0.2) is 0 Å². The molecule has 3 heteroatoms. The van der Waals surface area contributed by atoms with E-state index in [-0.39, 0.29) is 12.4 Å². The van der Waals surface area contributed by atoms with Gasteiger partial charge in [-0.1, -0.05) is 48.7 Å². The number of benzene rings is 1. The summed E-state index contributed by atoms with van der Waals surface area (Å²) in [6.07, 6.45) is 4.58. The molecule has 0 atom stereocenters. The van der Waals surface area contributed by atoms with Gasteiger partial charge in [-0.05, 0) is 35.6 Å². The highest BCUT2D eigenvalue weighted by molar-refractivity contribution is 9.10. The molecule has 0 aliphatic carbocycles. The fraction of sp³-hybridized carbons (Fsp3) is 0.538. The SMILES string of the molecule is CCCc1ccc(Br)c(CCC)c1CCl.Cl. The zero-order chi connectivity index (χ0) is 11.3. The summed E-state index contributed by atoms with van der Waals surface area (Å²) in [7, 11) is 0. The highest BCUT2D eigenvalue weighted by Crippen LogP contribution is 2.27. The van der Waals surface area contributed by atoms with Crippen molar-refractivity contribution in [2.45, 2.75) is 45.4 Å². The van der Waals surface area contributed by atoms with Gasteiger partial charge in [-0.2, -0.15) is 0 Å². The molecule has 0 amide bonds. The van der Waals surface area contributed by atoms with E-state index in [1.165, 1.54) is 27.6 Å². The van der Waals surface area contributed by atoms with Gasteiger partial charge in [0.1, 0.15) is 0 Å². The number of hydrogen-bond acceptors (Lipinski definition) is 0. The van der Waals surface area contributed by atoms with Gasteiger partial charge >= 0.3 is 0 Å². The second-order valence-electron chi connectivity index (χ2n) is 3.80. The maximum absolute atomic E-state index is 6.06. The molecule has 1 aromatic carbocycles. The lowest BCUT2D eigenvalue weighted by Gasteiger charge is -2.14. The van der Waals surface area contributed by atoms with Crippen molar-refractivity contribution >= 4 is 39.9 Å². The van der Waals surface area contributed by atoms with Crippen LogP contribution < -0.4 is 0 Å². The highest BCUT2D eigenvalue weighted by Gasteiger charge is 2.09. The number of rotatable bonds is 5. The molecule has 0 N–H and O–H groups in total.